The summed E-state index contributed by atoms with van der Waals surface area (Å²) < 4.78 is 2.14. The molecule has 0 aliphatic heterocycles. The zero-order valence-electron chi connectivity index (χ0n) is 13.8. The predicted octanol–water partition coefficient (Wildman–Crippen LogP) is 3.13. The van der Waals surface area contributed by atoms with Crippen molar-refractivity contribution in [3.05, 3.63) is 28.5 Å². The van der Waals surface area contributed by atoms with Gasteiger partial charge in [-0.15, -0.1) is 11.3 Å². The van der Waals surface area contributed by atoms with Crippen molar-refractivity contribution in [3.8, 4) is 10.6 Å². The Labute approximate surface area is 141 Å². The number of amides is 1. The molecule has 2 rings (SSSR count). The number of aromatic nitrogens is 2. The fraction of sp³-hybridized carbons (Fsp3) is 0.529. The highest BCUT2D eigenvalue weighted by molar-refractivity contribution is 7.13. The number of carbonyl (C=O) groups excluding carboxylic acids is 1. The molecule has 0 aromatic carbocycles. The van der Waals surface area contributed by atoms with Crippen LogP contribution in [0.4, 0.5) is 0 Å². The van der Waals surface area contributed by atoms with Crippen LogP contribution >= 0.6 is 11.3 Å². The number of aliphatic hydroxyl groups excluding tert-OH is 1. The molecule has 2 aromatic heterocycles. The molecule has 0 atom stereocenters. The number of unbranched alkanes of at least 4 members (excludes halogenated alkanes) is 2. The quantitative estimate of drug-likeness (QED) is 0.691. The Balaban J connectivity index is 2.56. The molecule has 2 heterocycles. The van der Waals surface area contributed by atoms with E-state index >= 15 is 0 Å². The molecule has 0 spiro atoms. The van der Waals surface area contributed by atoms with Crippen molar-refractivity contribution < 1.29 is 9.90 Å². The van der Waals surface area contributed by atoms with E-state index in [2.05, 4.69) is 16.5 Å². The lowest BCUT2D eigenvalue weighted by Crippen LogP contribution is -2.13. The number of nitrogens with two attached hydrogens (primary N) is 1. The van der Waals surface area contributed by atoms with Crippen molar-refractivity contribution in [3.63, 3.8) is 0 Å². The van der Waals surface area contributed by atoms with Crippen LogP contribution in [0.3, 0.4) is 0 Å². The highest BCUT2D eigenvalue weighted by Crippen LogP contribution is 2.35. The van der Waals surface area contributed by atoms with Gasteiger partial charge in [-0.25, -0.2) is 4.98 Å². The molecule has 0 saturated heterocycles. The van der Waals surface area contributed by atoms with Gasteiger partial charge in [-0.2, -0.15) is 0 Å². The molecule has 0 aliphatic rings. The van der Waals surface area contributed by atoms with Gasteiger partial charge < -0.3 is 15.4 Å². The number of hydrogen-bond donors (Lipinski definition) is 2. The third kappa shape index (κ3) is 3.82. The topological polar surface area (TPSA) is 81.1 Å². The highest BCUT2D eigenvalue weighted by atomic mass is 32.1. The molecule has 0 unspecified atom stereocenters. The van der Waals surface area contributed by atoms with E-state index in [1.165, 1.54) is 11.3 Å². The van der Waals surface area contributed by atoms with Gasteiger partial charge in [0.25, 0.3) is 5.91 Å². The molecule has 6 heteroatoms. The van der Waals surface area contributed by atoms with E-state index in [1.807, 2.05) is 12.3 Å². The second-order valence-corrected chi connectivity index (χ2v) is 6.56. The lowest BCUT2D eigenvalue weighted by Gasteiger charge is -2.12. The fourth-order valence-corrected chi connectivity index (χ4v) is 3.72. The predicted molar refractivity (Wildman–Crippen MR) is 93.7 cm³/mol. The van der Waals surface area contributed by atoms with Crippen molar-refractivity contribution in [2.24, 2.45) is 5.73 Å². The smallest absolute Gasteiger partial charge is 0.251 e. The first-order valence-corrected chi connectivity index (χ1v) is 9.02. The molecule has 5 nitrogen and oxygen atoms in total. The first-order chi connectivity index (χ1) is 11.1. The van der Waals surface area contributed by atoms with Crippen LogP contribution in [-0.4, -0.2) is 27.2 Å². The van der Waals surface area contributed by atoms with Gasteiger partial charge in [0, 0.05) is 41.7 Å². The van der Waals surface area contributed by atoms with Crippen LogP contribution in [0.1, 0.15) is 54.4 Å². The Bertz CT molecular complexity index is 647. The fourth-order valence-electron chi connectivity index (χ4n) is 3.01. The Morgan fingerprint density at radius 2 is 2.17 bits per heavy atom. The summed E-state index contributed by atoms with van der Waals surface area (Å²) in [6, 6.07) is 0. The van der Waals surface area contributed by atoms with Crippen molar-refractivity contribution in [1.29, 1.82) is 0 Å². The van der Waals surface area contributed by atoms with Crippen LogP contribution in [0, 0.1) is 6.92 Å². The zero-order chi connectivity index (χ0) is 16.8. The summed E-state index contributed by atoms with van der Waals surface area (Å²) in [5.74, 6) is -0.410. The van der Waals surface area contributed by atoms with E-state index in [1.54, 1.807) is 6.20 Å². The monoisotopic (exact) mass is 335 g/mol. The standard InChI is InChI=1S/C17H25N3O2S/c1-3-4-5-7-13-15(17-19-8-11-23-17)14(16(18)22)12(2)20(13)9-6-10-21/h8,11,21H,3-7,9-10H2,1-2H3,(H2,18,22). The van der Waals surface area contributed by atoms with E-state index in [9.17, 15) is 9.90 Å². The lowest BCUT2D eigenvalue weighted by atomic mass is 10.0. The minimum Gasteiger partial charge on any atom is -0.396 e. The first-order valence-electron chi connectivity index (χ1n) is 8.14. The summed E-state index contributed by atoms with van der Waals surface area (Å²) in [5.41, 5.74) is 9.12. The number of rotatable bonds is 9. The molecular formula is C17H25N3O2S. The maximum absolute atomic E-state index is 12.0. The summed E-state index contributed by atoms with van der Waals surface area (Å²) in [5, 5.41) is 11.9. The van der Waals surface area contributed by atoms with E-state index in [0.717, 1.165) is 47.6 Å². The minimum atomic E-state index is -0.410. The third-order valence-corrected chi connectivity index (χ3v) is 4.87. The molecule has 2 aromatic rings. The van der Waals surface area contributed by atoms with Crippen molar-refractivity contribution in [2.45, 2.75) is 52.5 Å². The SMILES string of the molecule is CCCCCc1c(-c2nccs2)c(C(N)=O)c(C)n1CCCO. The molecule has 0 radical (unpaired) electrons. The van der Waals surface area contributed by atoms with Crippen LogP contribution in [0.2, 0.25) is 0 Å². The van der Waals surface area contributed by atoms with Crippen molar-refractivity contribution >= 4 is 17.2 Å². The van der Waals surface area contributed by atoms with Gasteiger partial charge in [-0.05, 0) is 26.2 Å². The normalized spacial score (nSPS) is 11.1. The van der Waals surface area contributed by atoms with E-state index in [0.29, 0.717) is 18.5 Å². The van der Waals surface area contributed by atoms with Gasteiger partial charge >= 0.3 is 0 Å². The van der Waals surface area contributed by atoms with Gasteiger partial charge in [0.05, 0.1) is 5.56 Å². The van der Waals surface area contributed by atoms with Crippen LogP contribution in [0.15, 0.2) is 11.6 Å². The molecular weight excluding hydrogens is 310 g/mol. The molecule has 1 amide bonds. The van der Waals surface area contributed by atoms with Crippen LogP contribution in [-0.2, 0) is 13.0 Å². The molecule has 0 saturated carbocycles. The summed E-state index contributed by atoms with van der Waals surface area (Å²) in [7, 11) is 0. The van der Waals surface area contributed by atoms with Crippen LogP contribution < -0.4 is 5.73 Å². The van der Waals surface area contributed by atoms with Crippen LogP contribution in [0.5, 0.6) is 0 Å². The van der Waals surface area contributed by atoms with Crippen molar-refractivity contribution in [1.82, 2.24) is 9.55 Å². The molecule has 0 aliphatic carbocycles. The summed E-state index contributed by atoms with van der Waals surface area (Å²) in [6.07, 6.45) is 6.66. The Morgan fingerprint density at radius 1 is 1.39 bits per heavy atom. The van der Waals surface area contributed by atoms with Crippen LogP contribution in [0.25, 0.3) is 10.6 Å². The summed E-state index contributed by atoms with van der Waals surface area (Å²) >= 11 is 1.53. The summed E-state index contributed by atoms with van der Waals surface area (Å²) in [6.45, 7) is 4.92. The average Bonchev–Trinajstić information content (AvgIpc) is 3.12. The van der Waals surface area contributed by atoms with Gasteiger partial charge in [0.15, 0.2) is 0 Å². The number of primary amides is 1. The van der Waals surface area contributed by atoms with Gasteiger partial charge in [0.1, 0.15) is 5.01 Å². The molecule has 3 N–H and O–H groups in total. The molecule has 0 bridgehead atoms. The molecule has 0 fully saturated rings. The average molecular weight is 335 g/mol. The molecule has 23 heavy (non-hydrogen) atoms. The Hall–Kier alpha value is -1.66. The summed E-state index contributed by atoms with van der Waals surface area (Å²) in [4.78, 5) is 16.4. The number of nitrogens with zero attached hydrogens (tertiary/aromatic N) is 2. The third-order valence-electron chi connectivity index (χ3n) is 4.08. The zero-order valence-corrected chi connectivity index (χ0v) is 14.7. The van der Waals surface area contributed by atoms with Crippen molar-refractivity contribution in [2.75, 3.05) is 6.61 Å². The number of hydrogen-bond acceptors (Lipinski definition) is 4. The van der Waals surface area contributed by atoms with Gasteiger partial charge in [0.2, 0.25) is 0 Å². The van der Waals surface area contributed by atoms with Gasteiger partial charge in [-0.3, -0.25) is 4.79 Å². The highest BCUT2D eigenvalue weighted by Gasteiger charge is 2.25. The van der Waals surface area contributed by atoms with E-state index in [-0.39, 0.29) is 6.61 Å². The Kier molecular flexibility index (Phi) is 6.36. The largest absolute Gasteiger partial charge is 0.396 e. The first kappa shape index (κ1) is 17.7. The van der Waals surface area contributed by atoms with Gasteiger partial charge in [-0.1, -0.05) is 19.8 Å². The van der Waals surface area contributed by atoms with E-state index in [4.69, 9.17) is 5.73 Å². The maximum Gasteiger partial charge on any atom is 0.251 e. The number of carbonyl (C=O) groups is 1. The lowest BCUT2D eigenvalue weighted by molar-refractivity contribution is 0.1000. The number of aliphatic hydroxyl groups is 1. The minimum absolute atomic E-state index is 0.129. The Morgan fingerprint density at radius 3 is 2.74 bits per heavy atom. The second-order valence-electron chi connectivity index (χ2n) is 5.67. The maximum atomic E-state index is 12.0. The number of thiazole rings is 1. The second kappa shape index (κ2) is 8.26. The molecule has 126 valence electrons. The van der Waals surface area contributed by atoms with E-state index < -0.39 is 5.91 Å².